The number of furan rings is 1. The van der Waals surface area contributed by atoms with Gasteiger partial charge in [-0.1, -0.05) is 140 Å². The fraction of sp³-hybridized carbons (Fsp3) is 0. The maximum Gasteiger partial charge on any atom is 0.136 e. The van der Waals surface area contributed by atoms with Crippen LogP contribution in [-0.2, 0) is 0 Å². The van der Waals surface area contributed by atoms with Gasteiger partial charge in [0.15, 0.2) is 0 Å². The molecule has 0 unspecified atom stereocenters. The number of nitrogens with zero attached hydrogens (tertiary/aromatic N) is 1. The van der Waals surface area contributed by atoms with E-state index in [0.29, 0.717) is 0 Å². The molecular formula is C50H33NO. The lowest BCUT2D eigenvalue weighted by Crippen LogP contribution is -2.10. The van der Waals surface area contributed by atoms with Gasteiger partial charge < -0.3 is 9.32 Å². The molecule has 0 saturated heterocycles. The molecule has 10 rings (SSSR count). The van der Waals surface area contributed by atoms with E-state index in [9.17, 15) is 0 Å². The van der Waals surface area contributed by atoms with Crippen molar-refractivity contribution in [3.63, 3.8) is 0 Å². The maximum atomic E-state index is 6.29. The van der Waals surface area contributed by atoms with Gasteiger partial charge >= 0.3 is 0 Å². The number of benzene rings is 9. The normalized spacial score (nSPS) is 11.5. The van der Waals surface area contributed by atoms with Gasteiger partial charge in [0.05, 0.1) is 0 Å². The lowest BCUT2D eigenvalue weighted by atomic mass is 9.92. The van der Waals surface area contributed by atoms with Crippen molar-refractivity contribution in [2.24, 2.45) is 0 Å². The fourth-order valence-electron chi connectivity index (χ4n) is 7.69. The Morgan fingerprint density at radius 1 is 0.308 bits per heavy atom. The Labute approximate surface area is 302 Å². The molecule has 2 nitrogen and oxygen atoms in total. The summed E-state index contributed by atoms with van der Waals surface area (Å²) in [6.07, 6.45) is 0. The van der Waals surface area contributed by atoms with Crippen LogP contribution < -0.4 is 4.90 Å². The van der Waals surface area contributed by atoms with Crippen molar-refractivity contribution in [1.29, 1.82) is 0 Å². The lowest BCUT2D eigenvalue weighted by Gasteiger charge is -2.27. The van der Waals surface area contributed by atoms with Crippen LogP contribution in [-0.4, -0.2) is 0 Å². The second kappa shape index (κ2) is 12.5. The van der Waals surface area contributed by atoms with E-state index in [4.69, 9.17) is 4.42 Å². The summed E-state index contributed by atoms with van der Waals surface area (Å²) in [4.78, 5) is 2.35. The van der Waals surface area contributed by atoms with Gasteiger partial charge in [0, 0.05) is 27.8 Å². The number of rotatable bonds is 6. The Kier molecular flexibility index (Phi) is 7.18. The Morgan fingerprint density at radius 2 is 0.923 bits per heavy atom. The summed E-state index contributed by atoms with van der Waals surface area (Å²) >= 11 is 0. The molecule has 2 heteroatoms. The van der Waals surface area contributed by atoms with Crippen LogP contribution in [0.25, 0.3) is 76.9 Å². The molecule has 0 aliphatic heterocycles. The molecule has 9 aromatic carbocycles. The van der Waals surface area contributed by atoms with Crippen LogP contribution in [0.5, 0.6) is 0 Å². The zero-order valence-corrected chi connectivity index (χ0v) is 28.4. The first-order valence-electron chi connectivity index (χ1n) is 17.8. The van der Waals surface area contributed by atoms with E-state index >= 15 is 0 Å². The molecule has 1 aromatic heterocycles. The lowest BCUT2D eigenvalue weighted by molar-refractivity contribution is 0.669. The van der Waals surface area contributed by atoms with Crippen LogP contribution in [0.1, 0.15) is 0 Å². The predicted octanol–water partition coefficient (Wildman–Crippen LogP) is 14.4. The molecule has 0 atom stereocenters. The van der Waals surface area contributed by atoms with Crippen molar-refractivity contribution in [2.45, 2.75) is 0 Å². The molecule has 10 aromatic rings. The zero-order valence-electron chi connectivity index (χ0n) is 28.4. The number of para-hydroxylation sites is 1. The summed E-state index contributed by atoms with van der Waals surface area (Å²) in [6, 6.07) is 71.8. The van der Waals surface area contributed by atoms with E-state index < -0.39 is 0 Å². The summed E-state index contributed by atoms with van der Waals surface area (Å²) in [6.45, 7) is 0. The van der Waals surface area contributed by atoms with Crippen LogP contribution >= 0.6 is 0 Å². The van der Waals surface area contributed by atoms with Crippen molar-refractivity contribution >= 4 is 60.5 Å². The second-order valence-electron chi connectivity index (χ2n) is 13.3. The number of anilines is 3. The first-order chi connectivity index (χ1) is 25.8. The predicted molar refractivity (Wildman–Crippen MR) is 220 cm³/mol. The molecule has 0 aliphatic rings. The van der Waals surface area contributed by atoms with E-state index in [1.807, 2.05) is 0 Å². The SMILES string of the molecule is c1ccc(-c2ccc(N(c3ccccc3)c3ccc(-c4ccc5oc6ccc7ccccc7c6c5c4)cc3)cc2-c2ccc3ccccc3c2)cc1. The molecule has 0 bridgehead atoms. The quantitative estimate of drug-likeness (QED) is 0.176. The van der Waals surface area contributed by atoms with Gasteiger partial charge in [-0.2, -0.15) is 0 Å². The molecule has 0 aliphatic carbocycles. The number of hydrogen-bond acceptors (Lipinski definition) is 2. The van der Waals surface area contributed by atoms with Gasteiger partial charge in [0.1, 0.15) is 11.2 Å². The van der Waals surface area contributed by atoms with Crippen molar-refractivity contribution in [1.82, 2.24) is 0 Å². The van der Waals surface area contributed by atoms with Crippen LogP contribution in [0.3, 0.4) is 0 Å². The highest BCUT2D eigenvalue weighted by atomic mass is 16.3. The minimum absolute atomic E-state index is 0.906. The van der Waals surface area contributed by atoms with E-state index in [2.05, 4.69) is 205 Å². The third kappa shape index (κ3) is 5.21. The summed E-state index contributed by atoms with van der Waals surface area (Å²) in [7, 11) is 0. The monoisotopic (exact) mass is 663 g/mol. The second-order valence-corrected chi connectivity index (χ2v) is 13.3. The molecule has 244 valence electrons. The van der Waals surface area contributed by atoms with E-state index in [1.165, 1.54) is 49.2 Å². The highest BCUT2D eigenvalue weighted by Crippen LogP contribution is 2.42. The van der Waals surface area contributed by atoms with Crippen LogP contribution in [0.15, 0.2) is 205 Å². The molecule has 0 radical (unpaired) electrons. The zero-order chi connectivity index (χ0) is 34.4. The first-order valence-corrected chi connectivity index (χ1v) is 17.8. The van der Waals surface area contributed by atoms with Crippen LogP contribution in [0.4, 0.5) is 17.1 Å². The minimum atomic E-state index is 0.906. The Balaban J connectivity index is 1.09. The standard InChI is InChI=1S/C50H33NO/c1-3-12-36(13-4-1)44-28-27-43(33-46(44)40-20-19-34-11-7-8-15-38(34)31-40)51(41-16-5-2-6-17-41)42-25-21-35(22-26-42)39-24-29-48-47(32-39)50-45-18-10-9-14-37(45)23-30-49(50)52-48/h1-33H. The summed E-state index contributed by atoms with van der Waals surface area (Å²) in [5.74, 6) is 0. The van der Waals surface area contributed by atoms with Gasteiger partial charge in [-0.3, -0.25) is 0 Å². The van der Waals surface area contributed by atoms with Crippen molar-refractivity contribution in [3.05, 3.63) is 200 Å². The van der Waals surface area contributed by atoms with E-state index in [-0.39, 0.29) is 0 Å². The number of fused-ring (bicyclic) bond motifs is 6. The van der Waals surface area contributed by atoms with E-state index in [1.54, 1.807) is 0 Å². The first kappa shape index (κ1) is 30.0. The number of hydrogen-bond donors (Lipinski definition) is 0. The van der Waals surface area contributed by atoms with Crippen molar-refractivity contribution in [2.75, 3.05) is 4.90 Å². The molecule has 1 heterocycles. The van der Waals surface area contributed by atoms with Gasteiger partial charge in [0.2, 0.25) is 0 Å². The molecule has 0 amide bonds. The highest BCUT2D eigenvalue weighted by molar-refractivity contribution is 6.19. The third-order valence-electron chi connectivity index (χ3n) is 10.2. The van der Waals surface area contributed by atoms with Crippen LogP contribution in [0, 0.1) is 0 Å². The average molecular weight is 664 g/mol. The molecule has 52 heavy (non-hydrogen) atoms. The van der Waals surface area contributed by atoms with Crippen molar-refractivity contribution < 1.29 is 4.42 Å². The van der Waals surface area contributed by atoms with Gasteiger partial charge in [-0.05, 0) is 116 Å². The topological polar surface area (TPSA) is 16.4 Å². The molecule has 0 fully saturated rings. The van der Waals surface area contributed by atoms with Gasteiger partial charge in [-0.25, -0.2) is 0 Å². The molecular weight excluding hydrogens is 631 g/mol. The van der Waals surface area contributed by atoms with Gasteiger partial charge in [0.25, 0.3) is 0 Å². The van der Waals surface area contributed by atoms with Gasteiger partial charge in [-0.15, -0.1) is 0 Å². The molecule has 0 N–H and O–H groups in total. The molecule has 0 saturated carbocycles. The minimum Gasteiger partial charge on any atom is -0.456 e. The highest BCUT2D eigenvalue weighted by Gasteiger charge is 2.17. The summed E-state index contributed by atoms with van der Waals surface area (Å²) in [5, 5.41) is 7.21. The Bertz CT molecular complexity index is 2890. The summed E-state index contributed by atoms with van der Waals surface area (Å²) < 4.78 is 6.29. The Morgan fingerprint density at radius 3 is 1.75 bits per heavy atom. The van der Waals surface area contributed by atoms with Crippen molar-refractivity contribution in [3.8, 4) is 33.4 Å². The maximum absolute atomic E-state index is 6.29. The molecule has 0 spiro atoms. The fourth-order valence-corrected chi connectivity index (χ4v) is 7.69. The average Bonchev–Trinajstić information content (AvgIpc) is 3.60. The largest absolute Gasteiger partial charge is 0.456 e. The summed E-state index contributed by atoms with van der Waals surface area (Å²) in [5.41, 5.74) is 12.2. The third-order valence-corrected chi connectivity index (χ3v) is 10.2. The van der Waals surface area contributed by atoms with E-state index in [0.717, 1.165) is 44.7 Å². The Hall–Kier alpha value is -6.90. The van der Waals surface area contributed by atoms with Crippen LogP contribution in [0.2, 0.25) is 0 Å². The smallest absolute Gasteiger partial charge is 0.136 e.